The van der Waals surface area contributed by atoms with Gasteiger partial charge in [0.25, 0.3) is 11.8 Å². The molecule has 28 heavy (non-hydrogen) atoms. The van der Waals surface area contributed by atoms with Crippen LogP contribution in [0.4, 0.5) is 11.5 Å². The van der Waals surface area contributed by atoms with Crippen LogP contribution in [0.15, 0.2) is 78.9 Å². The number of hydrogen-bond acceptors (Lipinski definition) is 3. The fourth-order valence-electron chi connectivity index (χ4n) is 3.26. The maximum absolute atomic E-state index is 13.1. The number of nitrogen functional groups attached to an aromatic ring is 1. The third-order valence-electron chi connectivity index (χ3n) is 4.67. The highest BCUT2D eigenvalue weighted by Crippen LogP contribution is 2.30. The van der Waals surface area contributed by atoms with E-state index in [4.69, 9.17) is 5.73 Å². The number of carbonyl (C=O) groups excluding carboxylic acids is 2. The number of benzene rings is 3. The second-order valence-electron chi connectivity index (χ2n) is 6.60. The van der Waals surface area contributed by atoms with Crippen molar-refractivity contribution in [1.29, 1.82) is 0 Å². The number of amides is 1. The van der Waals surface area contributed by atoms with Gasteiger partial charge in [-0.15, -0.1) is 0 Å². The van der Waals surface area contributed by atoms with Crippen LogP contribution in [0.2, 0.25) is 0 Å². The lowest BCUT2D eigenvalue weighted by atomic mass is 10.1. The summed E-state index contributed by atoms with van der Waals surface area (Å²) >= 11 is 0. The molecule has 0 aliphatic carbocycles. The highest BCUT2D eigenvalue weighted by Gasteiger charge is 2.24. The number of nitrogens with one attached hydrogen (secondary N) is 1. The topological polar surface area (TPSA) is 77.1 Å². The highest BCUT2D eigenvalue weighted by atomic mass is 16.2. The largest absolute Gasteiger partial charge is 0.384 e. The van der Waals surface area contributed by atoms with Crippen molar-refractivity contribution in [3.8, 4) is 0 Å². The Kier molecular flexibility index (Phi) is 4.41. The molecule has 0 saturated heterocycles. The van der Waals surface area contributed by atoms with E-state index >= 15 is 0 Å². The summed E-state index contributed by atoms with van der Waals surface area (Å²) in [5.74, 6) is -0.500. The van der Waals surface area contributed by atoms with Crippen LogP contribution < -0.4 is 11.1 Å². The van der Waals surface area contributed by atoms with E-state index in [2.05, 4.69) is 5.32 Å². The van der Waals surface area contributed by atoms with E-state index in [9.17, 15) is 9.59 Å². The van der Waals surface area contributed by atoms with Crippen LogP contribution in [0.25, 0.3) is 10.9 Å². The molecule has 3 N–H and O–H groups in total. The van der Waals surface area contributed by atoms with E-state index in [0.717, 1.165) is 5.56 Å². The summed E-state index contributed by atoms with van der Waals surface area (Å²) in [7, 11) is 0. The third kappa shape index (κ3) is 3.03. The molecule has 4 rings (SSSR count). The first-order valence-corrected chi connectivity index (χ1v) is 8.93. The monoisotopic (exact) mass is 369 g/mol. The van der Waals surface area contributed by atoms with E-state index in [0.29, 0.717) is 27.7 Å². The molecule has 1 amide bonds. The van der Waals surface area contributed by atoms with E-state index < -0.39 is 0 Å². The zero-order valence-corrected chi connectivity index (χ0v) is 15.3. The van der Waals surface area contributed by atoms with Crippen LogP contribution in [0, 0.1) is 6.92 Å². The Labute approximate surface area is 162 Å². The maximum atomic E-state index is 13.1. The maximum Gasteiger partial charge on any atom is 0.263 e. The molecule has 0 unspecified atom stereocenters. The van der Waals surface area contributed by atoms with Crippen LogP contribution >= 0.6 is 0 Å². The van der Waals surface area contributed by atoms with E-state index in [1.807, 2.05) is 49.4 Å². The molecule has 138 valence electrons. The Morgan fingerprint density at radius 3 is 2.21 bits per heavy atom. The molecule has 5 heteroatoms. The summed E-state index contributed by atoms with van der Waals surface area (Å²) in [4.78, 5) is 26.1. The molecule has 3 aromatic carbocycles. The van der Waals surface area contributed by atoms with E-state index in [1.54, 1.807) is 36.4 Å². The molecule has 0 saturated carbocycles. The van der Waals surface area contributed by atoms with Crippen LogP contribution in [0.1, 0.15) is 26.3 Å². The van der Waals surface area contributed by atoms with Crippen molar-refractivity contribution in [2.24, 2.45) is 0 Å². The number of para-hydroxylation sites is 1. The van der Waals surface area contributed by atoms with Gasteiger partial charge in [-0.1, -0.05) is 54.1 Å². The number of nitrogens with zero attached hydrogens (tertiary/aromatic N) is 1. The molecule has 1 aromatic heterocycles. The fourth-order valence-corrected chi connectivity index (χ4v) is 3.26. The van der Waals surface area contributed by atoms with Gasteiger partial charge in [0, 0.05) is 16.6 Å². The zero-order chi connectivity index (χ0) is 19.7. The van der Waals surface area contributed by atoms with E-state index in [-0.39, 0.29) is 17.6 Å². The number of rotatable bonds is 3. The van der Waals surface area contributed by atoms with Crippen molar-refractivity contribution in [2.45, 2.75) is 6.92 Å². The van der Waals surface area contributed by atoms with Gasteiger partial charge in [-0.25, -0.2) is 0 Å². The average molecular weight is 369 g/mol. The molecule has 0 atom stereocenters. The van der Waals surface area contributed by atoms with Crippen molar-refractivity contribution < 1.29 is 9.59 Å². The number of carbonyl (C=O) groups is 2. The molecular weight excluding hydrogens is 350 g/mol. The van der Waals surface area contributed by atoms with Gasteiger partial charge in [0.2, 0.25) is 0 Å². The lowest BCUT2D eigenvalue weighted by molar-refractivity contribution is 0.0967. The Morgan fingerprint density at radius 1 is 0.857 bits per heavy atom. The number of nitrogens with two attached hydrogens (primary N) is 1. The second kappa shape index (κ2) is 7.04. The van der Waals surface area contributed by atoms with Crippen molar-refractivity contribution in [3.63, 3.8) is 0 Å². The van der Waals surface area contributed by atoms with Crippen LogP contribution in [0.5, 0.6) is 0 Å². The normalized spacial score (nSPS) is 10.8. The Bertz CT molecular complexity index is 1180. The smallest absolute Gasteiger partial charge is 0.263 e. The van der Waals surface area contributed by atoms with Gasteiger partial charge in [0.15, 0.2) is 0 Å². The molecule has 1 heterocycles. The Balaban J connectivity index is 1.81. The summed E-state index contributed by atoms with van der Waals surface area (Å²) in [6.45, 7) is 1.98. The first-order chi connectivity index (χ1) is 13.6. The Hall–Kier alpha value is -3.86. The third-order valence-corrected chi connectivity index (χ3v) is 4.67. The molecule has 0 spiro atoms. The quantitative estimate of drug-likeness (QED) is 0.559. The first-order valence-electron chi connectivity index (χ1n) is 8.93. The molecule has 0 aliphatic heterocycles. The number of anilines is 2. The van der Waals surface area contributed by atoms with Crippen LogP contribution in [-0.2, 0) is 0 Å². The van der Waals surface area contributed by atoms with Crippen molar-refractivity contribution in [3.05, 3.63) is 95.6 Å². The average Bonchev–Trinajstić information content (AvgIpc) is 3.01. The molecule has 5 nitrogen and oxygen atoms in total. The van der Waals surface area contributed by atoms with Crippen LogP contribution in [0.3, 0.4) is 0 Å². The number of aryl methyl sites for hydroxylation is 1. The lowest BCUT2D eigenvalue weighted by Crippen LogP contribution is -2.17. The predicted octanol–water partition coefficient (Wildman–Crippen LogP) is 4.47. The van der Waals surface area contributed by atoms with Gasteiger partial charge < -0.3 is 11.1 Å². The van der Waals surface area contributed by atoms with Crippen molar-refractivity contribution >= 4 is 34.2 Å². The minimum Gasteiger partial charge on any atom is -0.384 e. The molecule has 0 bridgehead atoms. The van der Waals surface area contributed by atoms with Gasteiger partial charge in [-0.3, -0.25) is 14.2 Å². The SMILES string of the molecule is Cc1ccc(NC(=O)c2c(N)n(C(=O)c3ccccc3)c3ccccc23)cc1. The number of fused-ring (bicyclic) bond motifs is 1. The summed E-state index contributed by atoms with van der Waals surface area (Å²) < 4.78 is 1.40. The highest BCUT2D eigenvalue weighted by molar-refractivity contribution is 6.19. The second-order valence-corrected chi connectivity index (χ2v) is 6.60. The van der Waals surface area contributed by atoms with Gasteiger partial charge in [-0.2, -0.15) is 0 Å². The standard InChI is InChI=1S/C23H19N3O2/c1-15-11-13-17(14-12-15)25-22(27)20-18-9-5-6-10-19(18)26(21(20)24)23(28)16-7-3-2-4-8-16/h2-14H,24H2,1H3,(H,25,27). The minimum atomic E-state index is -0.350. The van der Waals surface area contributed by atoms with Crippen LogP contribution in [-0.4, -0.2) is 16.4 Å². The predicted molar refractivity (Wildman–Crippen MR) is 112 cm³/mol. The first kappa shape index (κ1) is 17.5. The van der Waals surface area contributed by atoms with Crippen molar-refractivity contribution in [2.75, 3.05) is 11.1 Å². The van der Waals surface area contributed by atoms with Gasteiger partial charge in [0.05, 0.1) is 11.1 Å². The summed E-state index contributed by atoms with van der Waals surface area (Å²) in [5, 5.41) is 3.50. The molecule has 0 radical (unpaired) electrons. The van der Waals surface area contributed by atoms with Gasteiger partial charge >= 0.3 is 0 Å². The van der Waals surface area contributed by atoms with E-state index in [1.165, 1.54) is 4.57 Å². The van der Waals surface area contributed by atoms with Gasteiger partial charge in [0.1, 0.15) is 5.82 Å². The number of aromatic nitrogens is 1. The van der Waals surface area contributed by atoms with Gasteiger partial charge in [-0.05, 0) is 37.3 Å². The summed E-state index contributed by atoms with van der Waals surface area (Å²) in [5.41, 5.74) is 9.47. The zero-order valence-electron chi connectivity index (χ0n) is 15.3. The molecule has 0 fully saturated rings. The van der Waals surface area contributed by atoms with Crippen molar-refractivity contribution in [1.82, 2.24) is 4.57 Å². The summed E-state index contributed by atoms with van der Waals surface area (Å²) in [6.07, 6.45) is 0. The number of hydrogen-bond donors (Lipinski definition) is 2. The lowest BCUT2D eigenvalue weighted by Gasteiger charge is -2.08. The molecule has 4 aromatic rings. The summed E-state index contributed by atoms with van der Waals surface area (Å²) in [6, 6.07) is 23.6. The Morgan fingerprint density at radius 2 is 1.50 bits per heavy atom. The fraction of sp³-hybridized carbons (Fsp3) is 0.0435. The molecule has 0 aliphatic rings. The minimum absolute atomic E-state index is 0.125. The molecular formula is C23H19N3O2.